The van der Waals surface area contributed by atoms with Gasteiger partial charge in [0.15, 0.2) is 0 Å². The van der Waals surface area contributed by atoms with Gasteiger partial charge in [-0.05, 0) is 58.3 Å². The van der Waals surface area contributed by atoms with Crippen LogP contribution in [0.25, 0.3) is 0 Å². The van der Waals surface area contributed by atoms with E-state index in [0.29, 0.717) is 23.9 Å². The van der Waals surface area contributed by atoms with Crippen LogP contribution in [0.1, 0.15) is 36.9 Å². The van der Waals surface area contributed by atoms with Crippen LogP contribution >= 0.6 is 15.9 Å². The molecule has 1 aliphatic heterocycles. The van der Waals surface area contributed by atoms with E-state index < -0.39 is 11.9 Å². The maximum atomic E-state index is 13.6. The maximum absolute atomic E-state index is 13.6. The van der Waals surface area contributed by atoms with Crippen molar-refractivity contribution >= 4 is 27.9 Å². The molecule has 24 heavy (non-hydrogen) atoms. The lowest BCUT2D eigenvalue weighted by Crippen LogP contribution is -2.50. The number of carbonyl (C=O) groups is 2. The minimum Gasteiger partial charge on any atom is -0.481 e. The average Bonchev–Trinajstić information content (AvgIpc) is 2.94. The summed E-state index contributed by atoms with van der Waals surface area (Å²) in [6, 6.07) is 2.71. The Bertz CT molecular complexity index is 682. The van der Waals surface area contributed by atoms with Gasteiger partial charge in [-0.25, -0.2) is 9.18 Å². The number of nitrogens with zero attached hydrogens (tertiary/aromatic N) is 1. The number of halogens is 2. The second-order valence-electron chi connectivity index (χ2n) is 6.75. The molecule has 3 rings (SSSR count). The Labute approximate surface area is 148 Å². The monoisotopic (exact) mass is 398 g/mol. The fourth-order valence-corrected chi connectivity index (χ4v) is 4.28. The van der Waals surface area contributed by atoms with Crippen molar-refractivity contribution in [3.8, 4) is 0 Å². The van der Waals surface area contributed by atoms with E-state index in [1.165, 1.54) is 6.07 Å². The van der Waals surface area contributed by atoms with Crippen LogP contribution < -0.4 is 5.32 Å². The lowest BCUT2D eigenvalue weighted by Gasteiger charge is -2.35. The average molecular weight is 399 g/mol. The molecule has 5 nitrogen and oxygen atoms in total. The van der Waals surface area contributed by atoms with Crippen molar-refractivity contribution in [3.63, 3.8) is 0 Å². The molecular weight excluding hydrogens is 379 g/mol. The number of hydrogen-bond donors (Lipinski definition) is 2. The zero-order valence-electron chi connectivity index (χ0n) is 13.4. The van der Waals surface area contributed by atoms with Crippen molar-refractivity contribution in [1.29, 1.82) is 0 Å². The van der Waals surface area contributed by atoms with Crippen LogP contribution in [0.4, 0.5) is 9.18 Å². The number of carboxylic acids is 1. The number of urea groups is 1. The molecule has 1 aromatic rings. The van der Waals surface area contributed by atoms with Crippen LogP contribution in [0.3, 0.4) is 0 Å². The zero-order valence-corrected chi connectivity index (χ0v) is 15.0. The molecule has 1 aromatic carbocycles. The summed E-state index contributed by atoms with van der Waals surface area (Å²) in [4.78, 5) is 25.4. The number of aliphatic carboxylic acids is 1. The normalized spacial score (nSPS) is 26.1. The molecule has 1 saturated heterocycles. The summed E-state index contributed by atoms with van der Waals surface area (Å²) in [6.45, 7) is 2.75. The van der Waals surface area contributed by atoms with Crippen molar-refractivity contribution in [2.75, 3.05) is 13.1 Å². The first-order valence-electron chi connectivity index (χ1n) is 8.11. The fraction of sp³-hybridized carbons (Fsp3) is 0.529. The molecular formula is C17H20BrFN2O3. The molecule has 0 spiro atoms. The van der Waals surface area contributed by atoms with Gasteiger partial charge in [0.2, 0.25) is 0 Å². The summed E-state index contributed by atoms with van der Waals surface area (Å²) >= 11 is 3.27. The Balaban J connectivity index is 1.71. The number of amides is 2. The summed E-state index contributed by atoms with van der Waals surface area (Å²) in [7, 11) is 0. The van der Waals surface area contributed by atoms with Crippen LogP contribution in [0, 0.1) is 17.7 Å². The topological polar surface area (TPSA) is 69.6 Å². The largest absolute Gasteiger partial charge is 0.481 e. The third-order valence-electron chi connectivity index (χ3n) is 4.88. The first-order chi connectivity index (χ1) is 11.4. The number of carboxylic acid groups (broad SMARTS) is 1. The molecule has 2 aliphatic rings. The van der Waals surface area contributed by atoms with E-state index >= 15 is 0 Å². The van der Waals surface area contributed by atoms with Gasteiger partial charge >= 0.3 is 12.0 Å². The van der Waals surface area contributed by atoms with Crippen molar-refractivity contribution in [2.45, 2.75) is 32.2 Å². The zero-order chi connectivity index (χ0) is 17.4. The standard InChI is InChI=1S/C17H20BrFN2O3/c1-9-6-10(16(22)23)8-21(7-9)17(24)20-14-5-3-12-11(14)2-4-13(19)15(12)18/h2,4,9-10,14H,3,5-8H2,1H3,(H,20,24)(H,22,23). The van der Waals surface area contributed by atoms with Crippen molar-refractivity contribution in [1.82, 2.24) is 10.2 Å². The summed E-state index contributed by atoms with van der Waals surface area (Å²) in [5.74, 6) is -1.51. The number of nitrogens with one attached hydrogen (secondary N) is 1. The number of benzene rings is 1. The molecule has 1 fully saturated rings. The van der Waals surface area contributed by atoms with Gasteiger partial charge in [-0.1, -0.05) is 13.0 Å². The number of fused-ring (bicyclic) bond motifs is 1. The fourth-order valence-electron chi connectivity index (χ4n) is 3.72. The molecule has 7 heteroatoms. The van der Waals surface area contributed by atoms with Gasteiger partial charge in [-0.3, -0.25) is 4.79 Å². The second kappa shape index (κ2) is 6.70. The molecule has 0 bridgehead atoms. The molecule has 3 atom stereocenters. The summed E-state index contributed by atoms with van der Waals surface area (Å²) in [5, 5.41) is 12.2. The number of piperidine rings is 1. The molecule has 0 aromatic heterocycles. The lowest BCUT2D eigenvalue weighted by atomic mass is 9.91. The quantitative estimate of drug-likeness (QED) is 0.802. The molecule has 1 heterocycles. The van der Waals surface area contributed by atoms with E-state index in [-0.39, 0.29) is 30.4 Å². The van der Waals surface area contributed by atoms with E-state index in [4.69, 9.17) is 0 Å². The molecule has 1 aliphatic carbocycles. The van der Waals surface area contributed by atoms with Gasteiger partial charge in [0.25, 0.3) is 0 Å². The number of likely N-dealkylation sites (tertiary alicyclic amines) is 1. The third kappa shape index (κ3) is 3.27. The summed E-state index contributed by atoms with van der Waals surface area (Å²) in [5.41, 5.74) is 1.83. The third-order valence-corrected chi connectivity index (χ3v) is 5.74. The number of carbonyl (C=O) groups excluding carboxylic acids is 1. The summed E-state index contributed by atoms with van der Waals surface area (Å²) in [6.07, 6.45) is 2.01. The van der Waals surface area contributed by atoms with Gasteiger partial charge in [0.1, 0.15) is 5.82 Å². The van der Waals surface area contributed by atoms with E-state index in [1.807, 2.05) is 6.92 Å². The van der Waals surface area contributed by atoms with Gasteiger partial charge in [0, 0.05) is 13.1 Å². The number of hydrogen-bond acceptors (Lipinski definition) is 2. The molecule has 2 N–H and O–H groups in total. The number of rotatable bonds is 2. The van der Waals surface area contributed by atoms with Crippen LogP contribution in [0.5, 0.6) is 0 Å². The predicted octanol–water partition coefficient (Wildman–Crippen LogP) is 3.33. The second-order valence-corrected chi connectivity index (χ2v) is 7.54. The maximum Gasteiger partial charge on any atom is 0.317 e. The van der Waals surface area contributed by atoms with Gasteiger partial charge in [-0.2, -0.15) is 0 Å². The molecule has 2 amide bonds. The lowest BCUT2D eigenvalue weighted by molar-refractivity contribution is -0.143. The highest BCUT2D eigenvalue weighted by Gasteiger charge is 2.34. The van der Waals surface area contributed by atoms with Gasteiger partial charge in [0.05, 0.1) is 16.4 Å². The van der Waals surface area contributed by atoms with Crippen LogP contribution in [-0.4, -0.2) is 35.1 Å². The molecule has 130 valence electrons. The van der Waals surface area contributed by atoms with Gasteiger partial charge < -0.3 is 15.3 Å². The Kier molecular flexibility index (Phi) is 4.80. The van der Waals surface area contributed by atoms with Crippen molar-refractivity contribution < 1.29 is 19.1 Å². The van der Waals surface area contributed by atoms with E-state index in [2.05, 4.69) is 21.2 Å². The van der Waals surface area contributed by atoms with Crippen molar-refractivity contribution in [3.05, 3.63) is 33.5 Å². The molecule has 0 saturated carbocycles. The van der Waals surface area contributed by atoms with E-state index in [0.717, 1.165) is 17.5 Å². The highest BCUT2D eigenvalue weighted by Crippen LogP contribution is 2.37. The highest BCUT2D eigenvalue weighted by molar-refractivity contribution is 9.10. The molecule has 0 radical (unpaired) electrons. The van der Waals surface area contributed by atoms with Crippen LogP contribution in [-0.2, 0) is 11.2 Å². The van der Waals surface area contributed by atoms with E-state index in [1.54, 1.807) is 11.0 Å². The van der Waals surface area contributed by atoms with Crippen LogP contribution in [0.2, 0.25) is 0 Å². The smallest absolute Gasteiger partial charge is 0.317 e. The van der Waals surface area contributed by atoms with Crippen molar-refractivity contribution in [2.24, 2.45) is 11.8 Å². The SMILES string of the molecule is CC1CC(C(=O)O)CN(C(=O)NC2CCc3c2ccc(F)c3Br)C1. The first-order valence-corrected chi connectivity index (χ1v) is 8.91. The Morgan fingerprint density at radius 3 is 2.83 bits per heavy atom. The Hall–Kier alpha value is -1.63. The molecule has 3 unspecified atom stereocenters. The minimum atomic E-state index is -0.857. The van der Waals surface area contributed by atoms with E-state index in [9.17, 15) is 19.1 Å². The summed E-state index contributed by atoms with van der Waals surface area (Å²) < 4.78 is 14.1. The Morgan fingerprint density at radius 2 is 2.12 bits per heavy atom. The minimum absolute atomic E-state index is 0.157. The Morgan fingerprint density at radius 1 is 1.38 bits per heavy atom. The van der Waals surface area contributed by atoms with Crippen LogP contribution in [0.15, 0.2) is 16.6 Å². The highest BCUT2D eigenvalue weighted by atomic mass is 79.9. The first kappa shape index (κ1) is 17.2. The van der Waals surface area contributed by atoms with Gasteiger partial charge in [-0.15, -0.1) is 0 Å². The predicted molar refractivity (Wildman–Crippen MR) is 90.2 cm³/mol.